The molecule has 0 aromatic heterocycles. The number of rotatable bonds is 82. The minimum Gasteiger partial charge on any atom is -0.466 e. The Hall–Kier alpha value is -0.530. The Bertz CT molecular complexity index is 932. The zero-order chi connectivity index (χ0) is 86.6. The molecule has 702 valence electrons. The molecular formula is C112H242O2. The molecule has 0 saturated carbocycles. The van der Waals surface area contributed by atoms with Crippen LogP contribution >= 0.6 is 0 Å². The fourth-order valence-electron chi connectivity index (χ4n) is 14.2. The Morgan fingerprint density at radius 3 is 0.193 bits per heavy atom. The summed E-state index contributed by atoms with van der Waals surface area (Å²) in [6.07, 6.45) is 130. The smallest absolute Gasteiger partial charge is 0.302 e. The third kappa shape index (κ3) is 195. The SMILES string of the molecule is CCCCCCCCCCCC.CCCCCCCCCCCC.CCCCCCCCCCCC.CCCCCCCCCCCC.CCCCCCCCCCCC.CCCCCCCCCCCC.CCCCCCCCCCCC.CCCCCCCCCCCC.CCCCCCCCCCCC.CCOC(C)=O. The van der Waals surface area contributed by atoms with E-state index in [4.69, 9.17) is 0 Å². The minimum atomic E-state index is -0.211. The maximum atomic E-state index is 9.82. The van der Waals surface area contributed by atoms with Gasteiger partial charge in [0, 0.05) is 6.92 Å². The third-order valence-corrected chi connectivity index (χ3v) is 22.5. The second kappa shape index (κ2) is 157. The van der Waals surface area contributed by atoms with Gasteiger partial charge in [0.2, 0.25) is 0 Å². The Balaban J connectivity index is -0.000000132. The molecule has 0 spiro atoms. The summed E-state index contributed by atoms with van der Waals surface area (Å²) in [5.41, 5.74) is 0. The molecule has 0 aromatic rings. The average molecular weight is 1620 g/mol. The van der Waals surface area contributed by atoms with E-state index in [0.29, 0.717) is 6.61 Å². The van der Waals surface area contributed by atoms with E-state index in [2.05, 4.69) is 129 Å². The van der Waals surface area contributed by atoms with Crippen molar-refractivity contribution in [1.29, 1.82) is 0 Å². The van der Waals surface area contributed by atoms with Crippen LogP contribution in [0.15, 0.2) is 0 Å². The lowest BCUT2D eigenvalue weighted by Gasteiger charge is -1.99. The molecule has 0 fully saturated rings. The van der Waals surface area contributed by atoms with Gasteiger partial charge in [-0.3, -0.25) is 4.79 Å². The summed E-state index contributed by atoms with van der Waals surface area (Å²) in [7, 11) is 0. The van der Waals surface area contributed by atoms with Gasteiger partial charge in [-0.05, 0) is 6.92 Å². The second-order valence-corrected chi connectivity index (χ2v) is 35.4. The largest absolute Gasteiger partial charge is 0.466 e. The van der Waals surface area contributed by atoms with Gasteiger partial charge in [-0.1, -0.05) is 703 Å². The van der Waals surface area contributed by atoms with Crippen LogP contribution in [0.1, 0.15) is 716 Å². The lowest BCUT2D eigenvalue weighted by molar-refractivity contribution is -0.140. The lowest BCUT2D eigenvalue weighted by Crippen LogP contribution is -1.95. The van der Waals surface area contributed by atoms with E-state index in [-0.39, 0.29) is 5.97 Å². The molecule has 114 heavy (non-hydrogen) atoms. The van der Waals surface area contributed by atoms with Gasteiger partial charge in [0.15, 0.2) is 0 Å². The molecule has 2 heteroatoms. The fraction of sp³-hybridized carbons (Fsp3) is 0.991. The van der Waals surface area contributed by atoms with Gasteiger partial charge in [0.05, 0.1) is 6.61 Å². The highest BCUT2D eigenvalue weighted by Crippen LogP contribution is 2.18. The normalized spacial score (nSPS) is 10.4. The van der Waals surface area contributed by atoms with Gasteiger partial charge in [-0.25, -0.2) is 0 Å². The van der Waals surface area contributed by atoms with Crippen LogP contribution in [0.2, 0.25) is 0 Å². The van der Waals surface area contributed by atoms with Crippen molar-refractivity contribution in [3.05, 3.63) is 0 Å². The number of hydrogen-bond donors (Lipinski definition) is 0. The van der Waals surface area contributed by atoms with Crippen molar-refractivity contribution in [2.24, 2.45) is 0 Å². The number of ether oxygens (including phenoxy) is 1. The van der Waals surface area contributed by atoms with Crippen molar-refractivity contribution < 1.29 is 9.53 Å². The van der Waals surface area contributed by atoms with Crippen LogP contribution in [0.5, 0.6) is 0 Å². The van der Waals surface area contributed by atoms with Crippen LogP contribution in [0.4, 0.5) is 0 Å². The first-order valence-electron chi connectivity index (χ1n) is 55.1. The number of carbonyl (C=O) groups excluding carboxylic acids is 1. The molecule has 0 saturated heterocycles. The van der Waals surface area contributed by atoms with Crippen molar-refractivity contribution in [2.75, 3.05) is 6.61 Å². The van der Waals surface area contributed by atoms with Crippen molar-refractivity contribution in [2.45, 2.75) is 716 Å². The van der Waals surface area contributed by atoms with Gasteiger partial charge in [0.25, 0.3) is 0 Å². The molecule has 0 amide bonds. The van der Waals surface area contributed by atoms with E-state index >= 15 is 0 Å². The molecule has 0 N–H and O–H groups in total. The van der Waals surface area contributed by atoms with Crippen LogP contribution in [0.3, 0.4) is 0 Å². The molecule has 0 unspecified atom stereocenters. The molecule has 0 aromatic carbocycles. The molecule has 0 bridgehead atoms. The Kier molecular flexibility index (Phi) is 184. The summed E-state index contributed by atoms with van der Waals surface area (Å²) in [5.74, 6) is -0.211. The second-order valence-electron chi connectivity index (χ2n) is 35.4. The van der Waals surface area contributed by atoms with Crippen LogP contribution in [-0.2, 0) is 9.53 Å². The number of esters is 1. The molecule has 0 atom stereocenters. The Labute approximate surface area is 734 Å². The maximum absolute atomic E-state index is 9.82. The summed E-state index contributed by atoms with van der Waals surface area (Å²) in [4.78, 5) is 9.82. The molecule has 0 rings (SSSR count). The minimum absolute atomic E-state index is 0.211. The van der Waals surface area contributed by atoms with Crippen LogP contribution < -0.4 is 0 Å². The summed E-state index contributed by atoms with van der Waals surface area (Å²) in [5, 5.41) is 0. The summed E-state index contributed by atoms with van der Waals surface area (Å²) in [6.45, 7) is 44.7. The van der Waals surface area contributed by atoms with E-state index in [1.165, 1.54) is 585 Å². The first kappa shape index (κ1) is 134. The molecule has 0 aliphatic rings. The topological polar surface area (TPSA) is 26.3 Å². The Morgan fingerprint density at radius 2 is 0.167 bits per heavy atom. The standard InChI is InChI=1S/9C12H26.C4H8O2/c9*1-3-5-7-9-11-12-10-8-6-4-2;1-3-6-4(2)5/h9*3-12H2,1-2H3;3H2,1-2H3. The Morgan fingerprint density at radius 1 is 0.114 bits per heavy atom. The van der Waals surface area contributed by atoms with E-state index in [0.717, 1.165) is 0 Å². The van der Waals surface area contributed by atoms with Gasteiger partial charge in [0.1, 0.15) is 0 Å². The maximum Gasteiger partial charge on any atom is 0.302 e. The van der Waals surface area contributed by atoms with Crippen molar-refractivity contribution in [3.8, 4) is 0 Å². The van der Waals surface area contributed by atoms with Crippen molar-refractivity contribution in [3.63, 3.8) is 0 Å². The van der Waals surface area contributed by atoms with E-state index in [1.807, 2.05) is 0 Å². The van der Waals surface area contributed by atoms with Crippen molar-refractivity contribution >= 4 is 5.97 Å². The van der Waals surface area contributed by atoms with Crippen LogP contribution in [0.25, 0.3) is 0 Å². The average Bonchev–Trinajstić information content (AvgIpc) is 3.64. The molecule has 0 aliphatic heterocycles. The summed E-state index contributed by atoms with van der Waals surface area (Å²) < 4.78 is 4.40. The monoisotopic (exact) mass is 1620 g/mol. The predicted molar refractivity (Wildman–Crippen MR) is 540 cm³/mol. The third-order valence-electron chi connectivity index (χ3n) is 22.5. The number of hydrogen-bond acceptors (Lipinski definition) is 2. The van der Waals surface area contributed by atoms with Crippen LogP contribution in [0, 0.1) is 0 Å². The zero-order valence-electron chi connectivity index (χ0n) is 85.7. The fourth-order valence-corrected chi connectivity index (χ4v) is 14.2. The highest BCUT2D eigenvalue weighted by molar-refractivity contribution is 5.65. The van der Waals surface area contributed by atoms with E-state index < -0.39 is 0 Å². The zero-order valence-corrected chi connectivity index (χ0v) is 85.7. The molecule has 0 heterocycles. The van der Waals surface area contributed by atoms with Gasteiger partial charge in [-0.2, -0.15) is 0 Å². The molecular weight excluding hydrogens is 1380 g/mol. The number of unbranched alkanes of at least 4 members (excludes halogenated alkanes) is 81. The summed E-state index contributed by atoms with van der Waals surface area (Å²) in [6, 6.07) is 0. The van der Waals surface area contributed by atoms with E-state index in [1.54, 1.807) is 6.92 Å². The van der Waals surface area contributed by atoms with Gasteiger partial charge >= 0.3 is 5.97 Å². The first-order chi connectivity index (χ1) is 56.0. The van der Waals surface area contributed by atoms with E-state index in [9.17, 15) is 4.79 Å². The van der Waals surface area contributed by atoms with Crippen LogP contribution in [-0.4, -0.2) is 12.6 Å². The molecule has 0 aliphatic carbocycles. The predicted octanol–water partition coefficient (Wildman–Crippen LogP) is 44.9. The lowest BCUT2D eigenvalue weighted by atomic mass is 10.1. The highest BCUT2D eigenvalue weighted by atomic mass is 16.5. The quantitative estimate of drug-likeness (QED) is 0.0448. The molecule has 0 radical (unpaired) electrons. The number of carbonyl (C=O) groups is 1. The highest BCUT2D eigenvalue weighted by Gasteiger charge is 1.98. The molecule has 2 nitrogen and oxygen atoms in total. The van der Waals surface area contributed by atoms with Gasteiger partial charge in [-0.15, -0.1) is 0 Å². The van der Waals surface area contributed by atoms with Gasteiger partial charge < -0.3 is 4.74 Å². The first-order valence-corrected chi connectivity index (χ1v) is 55.1. The summed E-state index contributed by atoms with van der Waals surface area (Å²) >= 11 is 0. The van der Waals surface area contributed by atoms with Crippen molar-refractivity contribution in [1.82, 2.24) is 0 Å².